The molecule has 0 spiro atoms. The first-order valence-corrected chi connectivity index (χ1v) is 4.99. The third-order valence-corrected chi connectivity index (χ3v) is 3.28. The average Bonchev–Trinajstić information content (AvgIpc) is 2.80. The van der Waals surface area contributed by atoms with E-state index >= 15 is 0 Å². The van der Waals surface area contributed by atoms with E-state index < -0.39 is 0 Å². The zero-order valence-corrected chi connectivity index (χ0v) is 8.43. The Labute approximate surface area is 75.4 Å². The summed E-state index contributed by atoms with van der Waals surface area (Å²) in [5, 5.41) is 12.5. The predicted molar refractivity (Wildman–Crippen MR) is 51.1 cm³/mol. The first-order valence-electron chi connectivity index (χ1n) is 4.99. The van der Waals surface area contributed by atoms with Crippen LogP contribution in [0.4, 0.5) is 0 Å². The van der Waals surface area contributed by atoms with E-state index in [1.807, 2.05) is 0 Å². The summed E-state index contributed by atoms with van der Waals surface area (Å²) in [5.41, 5.74) is 0.516. The monoisotopic (exact) mass is 171 g/mol. The molecule has 0 bridgehead atoms. The number of hydrogen-bond donors (Lipinski definition) is 2. The third-order valence-electron chi connectivity index (χ3n) is 3.28. The highest BCUT2D eigenvalue weighted by Gasteiger charge is 2.42. The molecule has 12 heavy (non-hydrogen) atoms. The van der Waals surface area contributed by atoms with E-state index in [2.05, 4.69) is 26.1 Å². The van der Waals surface area contributed by atoms with Crippen LogP contribution in [-0.4, -0.2) is 23.8 Å². The second-order valence-electron chi connectivity index (χ2n) is 4.33. The zero-order valence-electron chi connectivity index (χ0n) is 8.43. The van der Waals surface area contributed by atoms with Crippen LogP contribution in [0.15, 0.2) is 0 Å². The quantitative estimate of drug-likeness (QED) is 0.657. The maximum absolute atomic E-state index is 9.00. The first-order chi connectivity index (χ1) is 5.62. The van der Waals surface area contributed by atoms with Crippen molar-refractivity contribution in [3.8, 4) is 0 Å². The molecule has 0 aromatic rings. The summed E-state index contributed by atoms with van der Waals surface area (Å²) >= 11 is 0. The van der Waals surface area contributed by atoms with Crippen LogP contribution in [0.3, 0.4) is 0 Å². The van der Waals surface area contributed by atoms with Gasteiger partial charge >= 0.3 is 0 Å². The van der Waals surface area contributed by atoms with Gasteiger partial charge in [-0.25, -0.2) is 0 Å². The largest absolute Gasteiger partial charge is 0.395 e. The van der Waals surface area contributed by atoms with Gasteiger partial charge in [0, 0.05) is 12.1 Å². The summed E-state index contributed by atoms with van der Waals surface area (Å²) in [7, 11) is 0. The Hall–Kier alpha value is -0.0800. The highest BCUT2D eigenvalue weighted by atomic mass is 16.3. The van der Waals surface area contributed by atoms with Crippen LogP contribution in [0.25, 0.3) is 0 Å². The fraction of sp³-hybridized carbons (Fsp3) is 1.00. The van der Waals surface area contributed by atoms with E-state index in [0.29, 0.717) is 11.5 Å². The maximum atomic E-state index is 9.00. The zero-order chi connectivity index (χ0) is 9.19. The summed E-state index contributed by atoms with van der Waals surface area (Å²) in [6.45, 7) is 6.91. The lowest BCUT2D eigenvalue weighted by molar-refractivity contribution is 0.214. The van der Waals surface area contributed by atoms with Crippen LogP contribution >= 0.6 is 0 Å². The smallest absolute Gasteiger partial charge is 0.0584 e. The van der Waals surface area contributed by atoms with Crippen LogP contribution < -0.4 is 5.32 Å². The maximum Gasteiger partial charge on any atom is 0.0584 e. The van der Waals surface area contributed by atoms with Crippen LogP contribution in [0.5, 0.6) is 0 Å². The number of nitrogens with one attached hydrogen (secondary N) is 1. The Kier molecular flexibility index (Phi) is 3.13. The van der Waals surface area contributed by atoms with Crippen molar-refractivity contribution < 1.29 is 5.11 Å². The highest BCUT2D eigenvalue weighted by molar-refractivity contribution is 4.97. The summed E-state index contributed by atoms with van der Waals surface area (Å²) in [5.74, 6) is 0. The van der Waals surface area contributed by atoms with Gasteiger partial charge in [0.25, 0.3) is 0 Å². The molecule has 2 unspecified atom stereocenters. The lowest BCUT2D eigenvalue weighted by Crippen LogP contribution is -2.42. The van der Waals surface area contributed by atoms with Gasteiger partial charge in [0.2, 0.25) is 0 Å². The number of aliphatic hydroxyl groups is 1. The average molecular weight is 171 g/mol. The Morgan fingerprint density at radius 2 is 2.08 bits per heavy atom. The molecule has 0 heterocycles. The fourth-order valence-electron chi connectivity index (χ4n) is 1.48. The van der Waals surface area contributed by atoms with Gasteiger partial charge in [0.05, 0.1) is 6.61 Å². The van der Waals surface area contributed by atoms with E-state index in [1.54, 1.807) is 0 Å². The van der Waals surface area contributed by atoms with Gasteiger partial charge in [-0.3, -0.25) is 0 Å². The lowest BCUT2D eigenvalue weighted by atomic mass is 9.99. The van der Waals surface area contributed by atoms with Crippen molar-refractivity contribution in [2.75, 3.05) is 6.61 Å². The van der Waals surface area contributed by atoms with Gasteiger partial charge in [0.1, 0.15) is 0 Å². The van der Waals surface area contributed by atoms with Crippen LogP contribution in [0.2, 0.25) is 0 Å². The van der Waals surface area contributed by atoms with Crippen molar-refractivity contribution in [1.82, 2.24) is 5.32 Å². The van der Waals surface area contributed by atoms with Gasteiger partial charge in [-0.2, -0.15) is 0 Å². The standard InChI is InChI=1S/C10H21NO/c1-4-9(7-12)11-8(2)10(3)5-6-10/h8-9,11-12H,4-7H2,1-3H3. The van der Waals surface area contributed by atoms with Crippen molar-refractivity contribution in [3.63, 3.8) is 0 Å². The molecule has 0 aromatic carbocycles. The molecule has 1 aliphatic carbocycles. The molecule has 0 radical (unpaired) electrons. The molecule has 2 N–H and O–H groups in total. The van der Waals surface area contributed by atoms with Gasteiger partial charge in [0.15, 0.2) is 0 Å². The van der Waals surface area contributed by atoms with E-state index in [0.717, 1.165) is 6.42 Å². The number of hydrogen-bond acceptors (Lipinski definition) is 2. The molecule has 0 aromatic heterocycles. The SMILES string of the molecule is CCC(CO)NC(C)C1(C)CC1. The van der Waals surface area contributed by atoms with Crippen LogP contribution in [0.1, 0.15) is 40.0 Å². The summed E-state index contributed by atoms with van der Waals surface area (Å²) in [4.78, 5) is 0. The topological polar surface area (TPSA) is 32.3 Å². The van der Waals surface area contributed by atoms with Crippen molar-refractivity contribution in [1.29, 1.82) is 0 Å². The van der Waals surface area contributed by atoms with Crippen LogP contribution in [0, 0.1) is 5.41 Å². The Bertz CT molecular complexity index is 139. The lowest BCUT2D eigenvalue weighted by Gasteiger charge is -2.25. The van der Waals surface area contributed by atoms with Crippen LogP contribution in [-0.2, 0) is 0 Å². The van der Waals surface area contributed by atoms with E-state index in [-0.39, 0.29) is 12.6 Å². The third kappa shape index (κ3) is 2.20. The molecular formula is C10H21NO. The molecule has 2 heteroatoms. The van der Waals surface area contributed by atoms with Crippen molar-refractivity contribution in [3.05, 3.63) is 0 Å². The minimum Gasteiger partial charge on any atom is -0.395 e. The molecule has 1 fully saturated rings. The molecule has 1 saturated carbocycles. The van der Waals surface area contributed by atoms with E-state index in [1.165, 1.54) is 12.8 Å². The summed E-state index contributed by atoms with van der Waals surface area (Å²) in [6.07, 6.45) is 3.68. The Morgan fingerprint density at radius 3 is 2.42 bits per heavy atom. The normalized spacial score (nSPS) is 25.0. The Balaban J connectivity index is 2.29. The minimum atomic E-state index is 0.261. The summed E-state index contributed by atoms with van der Waals surface area (Å²) < 4.78 is 0. The van der Waals surface area contributed by atoms with Gasteiger partial charge < -0.3 is 10.4 Å². The molecule has 0 amide bonds. The first kappa shape index (κ1) is 10.0. The molecular weight excluding hydrogens is 150 g/mol. The Morgan fingerprint density at radius 1 is 1.50 bits per heavy atom. The number of aliphatic hydroxyl groups excluding tert-OH is 1. The molecule has 0 aliphatic heterocycles. The second kappa shape index (κ2) is 3.75. The molecule has 2 nitrogen and oxygen atoms in total. The molecule has 1 aliphatic rings. The number of rotatable bonds is 5. The fourth-order valence-corrected chi connectivity index (χ4v) is 1.48. The van der Waals surface area contributed by atoms with E-state index in [4.69, 9.17) is 5.11 Å². The molecule has 2 atom stereocenters. The predicted octanol–water partition coefficient (Wildman–Crippen LogP) is 1.54. The van der Waals surface area contributed by atoms with E-state index in [9.17, 15) is 0 Å². The minimum absolute atomic E-state index is 0.261. The van der Waals surface area contributed by atoms with Crippen molar-refractivity contribution in [2.24, 2.45) is 5.41 Å². The molecule has 0 saturated heterocycles. The molecule has 72 valence electrons. The highest BCUT2D eigenvalue weighted by Crippen LogP contribution is 2.48. The van der Waals surface area contributed by atoms with Crippen molar-refractivity contribution >= 4 is 0 Å². The second-order valence-corrected chi connectivity index (χ2v) is 4.33. The van der Waals surface area contributed by atoms with Gasteiger partial charge in [-0.15, -0.1) is 0 Å². The van der Waals surface area contributed by atoms with Gasteiger partial charge in [-0.1, -0.05) is 13.8 Å². The van der Waals surface area contributed by atoms with Gasteiger partial charge in [-0.05, 0) is 31.6 Å². The molecule has 1 rings (SSSR count). The van der Waals surface area contributed by atoms with Crippen molar-refractivity contribution in [2.45, 2.75) is 52.1 Å². The summed E-state index contributed by atoms with van der Waals surface area (Å²) in [6, 6.07) is 0.840.